The van der Waals surface area contributed by atoms with Gasteiger partial charge < -0.3 is 14.7 Å². The van der Waals surface area contributed by atoms with Crippen molar-refractivity contribution in [3.05, 3.63) is 29.6 Å². The van der Waals surface area contributed by atoms with E-state index in [1.165, 1.54) is 19.2 Å². The van der Waals surface area contributed by atoms with E-state index in [0.29, 0.717) is 18.7 Å². The third kappa shape index (κ3) is 2.61. The van der Waals surface area contributed by atoms with Crippen LogP contribution in [0.25, 0.3) is 0 Å². The van der Waals surface area contributed by atoms with Crippen LogP contribution >= 0.6 is 0 Å². The van der Waals surface area contributed by atoms with E-state index in [4.69, 9.17) is 9.84 Å². The zero-order valence-corrected chi connectivity index (χ0v) is 10.2. The van der Waals surface area contributed by atoms with E-state index in [1.807, 2.05) is 0 Å². The molecule has 18 heavy (non-hydrogen) atoms. The van der Waals surface area contributed by atoms with Gasteiger partial charge in [-0.05, 0) is 17.7 Å². The van der Waals surface area contributed by atoms with Crippen LogP contribution in [0, 0.1) is 11.7 Å². The van der Waals surface area contributed by atoms with E-state index >= 15 is 0 Å². The van der Waals surface area contributed by atoms with E-state index in [1.54, 1.807) is 11.0 Å². The molecule has 4 nitrogen and oxygen atoms in total. The van der Waals surface area contributed by atoms with Gasteiger partial charge in [0.25, 0.3) is 0 Å². The van der Waals surface area contributed by atoms with Crippen molar-refractivity contribution in [2.75, 3.05) is 26.8 Å². The van der Waals surface area contributed by atoms with Crippen LogP contribution in [0.15, 0.2) is 18.2 Å². The van der Waals surface area contributed by atoms with Gasteiger partial charge >= 0.3 is 0 Å². The number of carbonyl (C=O) groups excluding carboxylic acids is 1. The highest BCUT2D eigenvalue weighted by Crippen LogP contribution is 2.20. The molecule has 0 aliphatic carbocycles. The summed E-state index contributed by atoms with van der Waals surface area (Å²) in [4.78, 5) is 13.5. The summed E-state index contributed by atoms with van der Waals surface area (Å²) in [5.74, 6) is -0.124. The first-order valence-electron chi connectivity index (χ1n) is 5.85. The molecule has 0 saturated carbocycles. The van der Waals surface area contributed by atoms with E-state index < -0.39 is 5.82 Å². The molecule has 0 aromatic heterocycles. The molecule has 0 bridgehead atoms. The Kier molecular flexibility index (Phi) is 3.81. The summed E-state index contributed by atoms with van der Waals surface area (Å²) in [5.41, 5.74) is 0.630. The first-order valence-corrected chi connectivity index (χ1v) is 5.85. The second-order valence-corrected chi connectivity index (χ2v) is 4.49. The van der Waals surface area contributed by atoms with Gasteiger partial charge in [0.2, 0.25) is 5.91 Å². The van der Waals surface area contributed by atoms with E-state index in [0.717, 1.165) is 0 Å². The summed E-state index contributed by atoms with van der Waals surface area (Å²) in [6.07, 6.45) is 0.180. The Morgan fingerprint density at radius 3 is 2.83 bits per heavy atom. The van der Waals surface area contributed by atoms with Crippen LogP contribution in [-0.4, -0.2) is 42.7 Å². The van der Waals surface area contributed by atoms with Crippen molar-refractivity contribution in [2.45, 2.75) is 6.42 Å². The number of benzene rings is 1. The van der Waals surface area contributed by atoms with Crippen molar-refractivity contribution in [3.63, 3.8) is 0 Å². The van der Waals surface area contributed by atoms with Gasteiger partial charge in [-0.2, -0.15) is 0 Å². The van der Waals surface area contributed by atoms with Crippen LogP contribution < -0.4 is 4.74 Å². The number of hydrogen-bond donors (Lipinski definition) is 1. The summed E-state index contributed by atoms with van der Waals surface area (Å²) >= 11 is 0. The maximum atomic E-state index is 13.4. The highest BCUT2D eigenvalue weighted by atomic mass is 19.1. The van der Waals surface area contributed by atoms with Gasteiger partial charge in [-0.25, -0.2) is 4.39 Å². The monoisotopic (exact) mass is 253 g/mol. The predicted octanol–water partition coefficient (Wildman–Crippen LogP) is 0.827. The molecule has 1 heterocycles. The summed E-state index contributed by atoms with van der Waals surface area (Å²) in [6.45, 7) is 1.29. The highest BCUT2D eigenvalue weighted by Gasteiger charge is 2.29. The van der Waals surface area contributed by atoms with Gasteiger partial charge in [0.05, 0.1) is 13.5 Å². The number of carbonyl (C=O) groups is 1. The minimum Gasteiger partial charge on any atom is -0.494 e. The lowest BCUT2D eigenvalue weighted by molar-refractivity contribution is -0.137. The fourth-order valence-electron chi connectivity index (χ4n) is 2.00. The highest BCUT2D eigenvalue weighted by molar-refractivity contribution is 5.79. The second kappa shape index (κ2) is 5.35. The Bertz CT molecular complexity index is 444. The molecule has 0 unspecified atom stereocenters. The zero-order chi connectivity index (χ0) is 13.1. The average molecular weight is 253 g/mol. The van der Waals surface area contributed by atoms with Crippen LogP contribution in [0.1, 0.15) is 5.56 Å². The Morgan fingerprint density at radius 1 is 1.56 bits per heavy atom. The van der Waals surface area contributed by atoms with Gasteiger partial charge in [-0.15, -0.1) is 0 Å². The van der Waals surface area contributed by atoms with Crippen LogP contribution in [-0.2, 0) is 11.2 Å². The summed E-state index contributed by atoms with van der Waals surface area (Å²) < 4.78 is 18.2. The number of aliphatic hydroxyl groups excluding tert-OH is 1. The SMILES string of the molecule is COc1ccc(CC(=O)N2CC(CO)C2)cc1F. The van der Waals surface area contributed by atoms with Crippen LogP contribution in [0.4, 0.5) is 4.39 Å². The van der Waals surface area contributed by atoms with Crippen molar-refractivity contribution >= 4 is 5.91 Å². The molecule has 0 radical (unpaired) electrons. The second-order valence-electron chi connectivity index (χ2n) is 4.49. The van der Waals surface area contributed by atoms with Gasteiger partial charge in [-0.1, -0.05) is 6.07 Å². The number of ether oxygens (including phenoxy) is 1. The summed E-state index contributed by atoms with van der Waals surface area (Å²) in [5, 5.41) is 8.87. The average Bonchev–Trinajstić information content (AvgIpc) is 2.28. The van der Waals surface area contributed by atoms with Gasteiger partial charge in [0.15, 0.2) is 11.6 Å². The lowest BCUT2D eigenvalue weighted by atomic mass is 10.00. The molecule has 1 amide bonds. The maximum Gasteiger partial charge on any atom is 0.227 e. The largest absolute Gasteiger partial charge is 0.494 e. The van der Waals surface area contributed by atoms with Gasteiger partial charge in [0.1, 0.15) is 0 Å². The van der Waals surface area contributed by atoms with Crippen molar-refractivity contribution in [2.24, 2.45) is 5.92 Å². The van der Waals surface area contributed by atoms with E-state index in [9.17, 15) is 9.18 Å². The molecular weight excluding hydrogens is 237 g/mol. The Labute approximate surface area is 105 Å². The van der Waals surface area contributed by atoms with E-state index in [-0.39, 0.29) is 30.6 Å². The first kappa shape index (κ1) is 12.8. The molecule has 1 N–H and O–H groups in total. The molecule has 1 aromatic rings. The molecule has 5 heteroatoms. The Balaban J connectivity index is 1.93. The molecule has 1 fully saturated rings. The van der Waals surface area contributed by atoms with Gasteiger partial charge in [-0.3, -0.25) is 4.79 Å². The standard InChI is InChI=1S/C13H16FNO3/c1-18-12-3-2-9(4-11(12)14)5-13(17)15-6-10(7-15)8-16/h2-4,10,16H,5-8H2,1H3. The number of rotatable bonds is 4. The molecule has 1 aromatic carbocycles. The number of likely N-dealkylation sites (tertiary alicyclic amines) is 1. The maximum absolute atomic E-state index is 13.4. The fraction of sp³-hybridized carbons (Fsp3) is 0.462. The number of methoxy groups -OCH3 is 1. The van der Waals surface area contributed by atoms with Crippen molar-refractivity contribution in [1.82, 2.24) is 4.90 Å². The van der Waals surface area contributed by atoms with Gasteiger partial charge in [0, 0.05) is 25.6 Å². The molecular formula is C13H16FNO3. The predicted molar refractivity (Wildman–Crippen MR) is 63.8 cm³/mol. The van der Waals surface area contributed by atoms with Crippen molar-refractivity contribution in [3.8, 4) is 5.75 Å². The Morgan fingerprint density at radius 2 is 2.28 bits per heavy atom. The lowest BCUT2D eigenvalue weighted by Gasteiger charge is -2.38. The summed E-state index contributed by atoms with van der Waals surface area (Å²) in [7, 11) is 1.40. The topological polar surface area (TPSA) is 49.8 Å². The third-order valence-corrected chi connectivity index (χ3v) is 3.14. The number of amides is 1. The van der Waals surface area contributed by atoms with Crippen LogP contribution in [0.3, 0.4) is 0 Å². The van der Waals surface area contributed by atoms with E-state index in [2.05, 4.69) is 0 Å². The van der Waals surface area contributed by atoms with Crippen molar-refractivity contribution < 1.29 is 19.0 Å². The lowest BCUT2D eigenvalue weighted by Crippen LogP contribution is -2.51. The summed E-state index contributed by atoms with van der Waals surface area (Å²) in [6, 6.07) is 4.52. The zero-order valence-electron chi connectivity index (χ0n) is 10.2. The molecule has 2 rings (SSSR count). The minimum absolute atomic E-state index is 0.0377. The fourth-order valence-corrected chi connectivity index (χ4v) is 2.00. The molecule has 0 spiro atoms. The van der Waals surface area contributed by atoms with Crippen LogP contribution in [0.5, 0.6) is 5.75 Å². The molecule has 0 atom stereocenters. The van der Waals surface area contributed by atoms with Crippen LogP contribution in [0.2, 0.25) is 0 Å². The quantitative estimate of drug-likeness (QED) is 0.864. The number of hydrogen-bond acceptors (Lipinski definition) is 3. The third-order valence-electron chi connectivity index (χ3n) is 3.14. The number of nitrogens with zero attached hydrogens (tertiary/aromatic N) is 1. The number of halogens is 1. The smallest absolute Gasteiger partial charge is 0.227 e. The number of aliphatic hydroxyl groups is 1. The molecule has 1 aliphatic heterocycles. The molecule has 1 saturated heterocycles. The molecule has 98 valence electrons. The van der Waals surface area contributed by atoms with Crippen molar-refractivity contribution in [1.29, 1.82) is 0 Å². The first-order chi connectivity index (χ1) is 8.63. The Hall–Kier alpha value is -1.62. The normalized spacial score (nSPS) is 15.4. The minimum atomic E-state index is -0.459. The molecule has 1 aliphatic rings.